The van der Waals surface area contributed by atoms with Crippen LogP contribution in [0.15, 0.2) is 12.1 Å². The molecule has 0 bridgehead atoms. The third-order valence-corrected chi connectivity index (χ3v) is 2.72. The summed E-state index contributed by atoms with van der Waals surface area (Å²) in [5.41, 5.74) is -0.128. The second-order valence-electron chi connectivity index (χ2n) is 4.46. The number of benzene rings is 1. The topological polar surface area (TPSA) is 78.4 Å². The van der Waals surface area contributed by atoms with Crippen molar-refractivity contribution < 1.29 is 27.9 Å². The van der Waals surface area contributed by atoms with Gasteiger partial charge >= 0.3 is 0 Å². The van der Waals surface area contributed by atoms with Crippen molar-refractivity contribution >= 4 is 11.8 Å². The average molecular weight is 304 g/mol. The smallest absolute Gasteiger partial charge is 0.242 e. The van der Waals surface area contributed by atoms with Crippen molar-refractivity contribution in [1.29, 1.82) is 0 Å². The highest BCUT2D eigenvalue weighted by molar-refractivity contribution is 5.86. The Hall–Kier alpha value is -2.09. The maximum atomic E-state index is 13.1. The maximum Gasteiger partial charge on any atom is 0.242 e. The average Bonchev–Trinajstić information content (AvgIpc) is 2.40. The van der Waals surface area contributed by atoms with Crippen molar-refractivity contribution in [3.63, 3.8) is 0 Å². The standard InChI is InChI=1S/C13H15F3N2O3/c1-6(17-7(2)20)13(21)18-11(5-19)8-3-9(14)12(16)10(15)4-8/h3-4,6,11,19H,5H2,1-2H3,(H,17,20)(H,18,21). The third kappa shape index (κ3) is 4.45. The lowest BCUT2D eigenvalue weighted by molar-refractivity contribution is -0.128. The minimum absolute atomic E-state index is 0.128. The molecule has 5 nitrogen and oxygen atoms in total. The molecule has 21 heavy (non-hydrogen) atoms. The number of aliphatic hydroxyl groups is 1. The van der Waals surface area contributed by atoms with Gasteiger partial charge in [-0.1, -0.05) is 0 Å². The zero-order valence-corrected chi connectivity index (χ0v) is 11.4. The molecule has 3 N–H and O–H groups in total. The third-order valence-electron chi connectivity index (χ3n) is 2.72. The fourth-order valence-electron chi connectivity index (χ4n) is 1.68. The number of carbonyl (C=O) groups is 2. The van der Waals surface area contributed by atoms with Crippen LogP contribution in [0.3, 0.4) is 0 Å². The first-order valence-corrected chi connectivity index (χ1v) is 6.09. The van der Waals surface area contributed by atoms with Gasteiger partial charge in [0, 0.05) is 6.92 Å². The predicted molar refractivity (Wildman–Crippen MR) is 67.6 cm³/mol. The Labute approximate surface area is 119 Å². The van der Waals surface area contributed by atoms with Crippen molar-refractivity contribution in [2.45, 2.75) is 25.9 Å². The Morgan fingerprint density at radius 2 is 1.71 bits per heavy atom. The van der Waals surface area contributed by atoms with Gasteiger partial charge in [-0.2, -0.15) is 0 Å². The van der Waals surface area contributed by atoms with Gasteiger partial charge in [-0.3, -0.25) is 9.59 Å². The molecule has 116 valence electrons. The molecule has 0 aliphatic heterocycles. The van der Waals surface area contributed by atoms with Gasteiger partial charge in [0.25, 0.3) is 0 Å². The molecule has 0 spiro atoms. The maximum absolute atomic E-state index is 13.1. The fraction of sp³-hybridized carbons (Fsp3) is 0.385. The summed E-state index contributed by atoms with van der Waals surface area (Å²) in [5.74, 6) is -5.57. The molecule has 1 rings (SSSR count). The first kappa shape index (κ1) is 17.0. The summed E-state index contributed by atoms with van der Waals surface area (Å²) >= 11 is 0. The molecule has 2 atom stereocenters. The second kappa shape index (κ2) is 7.07. The molecule has 0 fully saturated rings. The number of amides is 2. The highest BCUT2D eigenvalue weighted by Gasteiger charge is 2.21. The van der Waals surface area contributed by atoms with Gasteiger partial charge < -0.3 is 15.7 Å². The number of carbonyl (C=O) groups excluding carboxylic acids is 2. The van der Waals surface area contributed by atoms with Gasteiger partial charge in [0.2, 0.25) is 11.8 Å². The van der Waals surface area contributed by atoms with Crippen LogP contribution in [0.2, 0.25) is 0 Å². The molecule has 0 saturated carbocycles. The van der Waals surface area contributed by atoms with Crippen LogP contribution in [-0.2, 0) is 9.59 Å². The molecular formula is C13H15F3N2O3. The molecule has 0 aliphatic rings. The summed E-state index contributed by atoms with van der Waals surface area (Å²) in [7, 11) is 0. The predicted octanol–water partition coefficient (Wildman–Crippen LogP) is 0.778. The number of hydrogen-bond donors (Lipinski definition) is 3. The van der Waals surface area contributed by atoms with Crippen molar-refractivity contribution in [2.24, 2.45) is 0 Å². The summed E-state index contributed by atoms with van der Waals surface area (Å²) in [6.45, 7) is 1.97. The number of rotatable bonds is 5. The van der Waals surface area contributed by atoms with E-state index in [4.69, 9.17) is 0 Å². The Morgan fingerprint density at radius 3 is 2.14 bits per heavy atom. The molecular weight excluding hydrogens is 289 g/mol. The van der Waals surface area contributed by atoms with Gasteiger partial charge in [-0.15, -0.1) is 0 Å². The monoisotopic (exact) mass is 304 g/mol. The molecule has 0 aliphatic carbocycles. The number of hydrogen-bond acceptors (Lipinski definition) is 3. The Bertz CT molecular complexity index is 528. The van der Waals surface area contributed by atoms with Crippen LogP contribution in [0.4, 0.5) is 13.2 Å². The minimum atomic E-state index is -1.63. The molecule has 2 amide bonds. The molecule has 0 heterocycles. The zero-order chi connectivity index (χ0) is 16.2. The molecule has 8 heteroatoms. The summed E-state index contributed by atoms with van der Waals surface area (Å²) in [4.78, 5) is 22.6. The van der Waals surface area contributed by atoms with Crippen LogP contribution in [-0.4, -0.2) is 29.6 Å². The van der Waals surface area contributed by atoms with E-state index < -0.39 is 48.0 Å². The van der Waals surface area contributed by atoms with E-state index in [-0.39, 0.29) is 5.56 Å². The lowest BCUT2D eigenvalue weighted by Gasteiger charge is -2.20. The van der Waals surface area contributed by atoms with Crippen LogP contribution >= 0.6 is 0 Å². The lowest BCUT2D eigenvalue weighted by atomic mass is 10.1. The zero-order valence-electron chi connectivity index (χ0n) is 11.4. The molecule has 0 saturated heterocycles. The Morgan fingerprint density at radius 1 is 1.19 bits per heavy atom. The van der Waals surface area contributed by atoms with E-state index in [0.29, 0.717) is 12.1 Å². The first-order chi connectivity index (χ1) is 9.76. The minimum Gasteiger partial charge on any atom is -0.394 e. The lowest BCUT2D eigenvalue weighted by Crippen LogP contribution is -2.45. The van der Waals surface area contributed by atoms with Gasteiger partial charge in [0.1, 0.15) is 6.04 Å². The number of aliphatic hydroxyl groups excluding tert-OH is 1. The van der Waals surface area contributed by atoms with Crippen molar-refractivity contribution in [3.8, 4) is 0 Å². The van der Waals surface area contributed by atoms with Gasteiger partial charge in [0.15, 0.2) is 17.5 Å². The van der Waals surface area contributed by atoms with E-state index in [1.54, 1.807) is 0 Å². The van der Waals surface area contributed by atoms with Gasteiger partial charge in [-0.25, -0.2) is 13.2 Å². The van der Waals surface area contributed by atoms with E-state index in [1.807, 2.05) is 0 Å². The molecule has 0 radical (unpaired) electrons. The number of nitrogens with one attached hydrogen (secondary N) is 2. The number of halogens is 3. The Kier molecular flexibility index (Phi) is 5.71. The van der Waals surface area contributed by atoms with Crippen molar-refractivity contribution in [2.75, 3.05) is 6.61 Å². The quantitative estimate of drug-likeness (QED) is 0.703. The second-order valence-corrected chi connectivity index (χ2v) is 4.46. The van der Waals surface area contributed by atoms with Crippen LogP contribution < -0.4 is 10.6 Å². The van der Waals surface area contributed by atoms with E-state index in [9.17, 15) is 27.9 Å². The molecule has 1 aromatic rings. The van der Waals surface area contributed by atoms with E-state index in [0.717, 1.165) is 0 Å². The van der Waals surface area contributed by atoms with Crippen LogP contribution in [0.5, 0.6) is 0 Å². The SMILES string of the molecule is CC(=O)NC(C)C(=O)NC(CO)c1cc(F)c(F)c(F)c1. The molecule has 2 unspecified atom stereocenters. The summed E-state index contributed by atoms with van der Waals surface area (Å²) in [6.07, 6.45) is 0. The normalized spacial score (nSPS) is 13.4. The van der Waals surface area contributed by atoms with Crippen LogP contribution in [0, 0.1) is 17.5 Å². The van der Waals surface area contributed by atoms with E-state index >= 15 is 0 Å². The first-order valence-electron chi connectivity index (χ1n) is 6.09. The highest BCUT2D eigenvalue weighted by Crippen LogP contribution is 2.19. The van der Waals surface area contributed by atoms with Crippen molar-refractivity contribution in [1.82, 2.24) is 10.6 Å². The van der Waals surface area contributed by atoms with Gasteiger partial charge in [-0.05, 0) is 24.6 Å². The van der Waals surface area contributed by atoms with E-state index in [2.05, 4.69) is 10.6 Å². The molecule has 1 aromatic carbocycles. The molecule has 0 aromatic heterocycles. The summed E-state index contributed by atoms with van der Waals surface area (Å²) in [5, 5.41) is 13.8. The summed E-state index contributed by atoms with van der Waals surface area (Å²) in [6, 6.07) is -0.657. The fourth-order valence-corrected chi connectivity index (χ4v) is 1.68. The van der Waals surface area contributed by atoms with Crippen LogP contribution in [0.25, 0.3) is 0 Å². The van der Waals surface area contributed by atoms with Gasteiger partial charge in [0.05, 0.1) is 12.6 Å². The largest absolute Gasteiger partial charge is 0.394 e. The highest BCUT2D eigenvalue weighted by atomic mass is 19.2. The Balaban J connectivity index is 2.89. The van der Waals surface area contributed by atoms with Crippen molar-refractivity contribution in [3.05, 3.63) is 35.1 Å². The summed E-state index contributed by atoms with van der Waals surface area (Å²) < 4.78 is 39.1. The van der Waals surface area contributed by atoms with Crippen LogP contribution in [0.1, 0.15) is 25.5 Å². The van der Waals surface area contributed by atoms with E-state index in [1.165, 1.54) is 13.8 Å².